The van der Waals surface area contributed by atoms with Gasteiger partial charge in [-0.15, -0.1) is 0 Å². The van der Waals surface area contributed by atoms with Crippen molar-refractivity contribution in [2.75, 3.05) is 44.4 Å². The summed E-state index contributed by atoms with van der Waals surface area (Å²) in [5.41, 5.74) is 3.62. The van der Waals surface area contributed by atoms with E-state index in [1.807, 2.05) is 36.4 Å². The number of nitrogens with one attached hydrogen (secondary N) is 1. The fraction of sp³-hybridized carbons (Fsp3) is 0.286. The smallest absolute Gasteiger partial charge is 0.231 e. The van der Waals surface area contributed by atoms with Crippen LogP contribution in [0.2, 0.25) is 5.02 Å². The van der Waals surface area contributed by atoms with Gasteiger partial charge in [0.1, 0.15) is 5.75 Å². The first kappa shape index (κ1) is 22.1. The fourth-order valence-corrected chi connectivity index (χ4v) is 5.11. The van der Waals surface area contributed by atoms with Crippen LogP contribution in [0.5, 0.6) is 23.0 Å². The molecule has 2 aliphatic rings. The maximum atomic E-state index is 6.26. The number of hydrogen-bond donors (Lipinski definition) is 1. The number of piperazine rings is 1. The molecule has 0 spiro atoms. The monoisotopic (exact) mass is 489 g/mol. The van der Waals surface area contributed by atoms with Gasteiger partial charge in [-0.25, -0.2) is 0 Å². The molecule has 0 aliphatic carbocycles. The summed E-state index contributed by atoms with van der Waals surface area (Å²) >= 11 is 6.20. The molecule has 4 aromatic rings. The van der Waals surface area contributed by atoms with Crippen molar-refractivity contribution in [2.24, 2.45) is 0 Å². The molecule has 6 nitrogen and oxygen atoms in total. The van der Waals surface area contributed by atoms with Gasteiger partial charge >= 0.3 is 0 Å². The van der Waals surface area contributed by atoms with Crippen LogP contribution in [0.4, 0.5) is 5.69 Å². The maximum absolute atomic E-state index is 6.26. The first-order chi connectivity index (χ1) is 17.2. The molecular formula is C28H28ClN3O3. The number of rotatable bonds is 7. The number of hydrogen-bond acceptors (Lipinski definition) is 5. The number of H-pyrrole nitrogens is 1. The lowest BCUT2D eigenvalue weighted by Crippen LogP contribution is -2.46. The number of aromatic nitrogens is 1. The number of halogens is 1. The number of benzene rings is 3. The van der Waals surface area contributed by atoms with Gasteiger partial charge in [-0.05, 0) is 67.4 Å². The Morgan fingerprint density at radius 2 is 1.77 bits per heavy atom. The van der Waals surface area contributed by atoms with Crippen molar-refractivity contribution in [2.45, 2.75) is 12.8 Å². The number of nitrogens with zero attached hydrogens (tertiary/aromatic N) is 2. The molecule has 1 saturated heterocycles. The van der Waals surface area contributed by atoms with Gasteiger partial charge in [-0.3, -0.25) is 4.90 Å². The van der Waals surface area contributed by atoms with Crippen molar-refractivity contribution in [3.63, 3.8) is 0 Å². The molecule has 3 aromatic carbocycles. The summed E-state index contributed by atoms with van der Waals surface area (Å²) in [6.07, 6.45) is 4.30. The molecule has 0 unspecified atom stereocenters. The second kappa shape index (κ2) is 9.72. The van der Waals surface area contributed by atoms with E-state index in [-0.39, 0.29) is 6.79 Å². The number of para-hydroxylation sites is 2. The first-order valence-electron chi connectivity index (χ1n) is 12.1. The molecule has 1 N–H and O–H groups in total. The van der Waals surface area contributed by atoms with Gasteiger partial charge < -0.3 is 24.1 Å². The Morgan fingerprint density at radius 3 is 2.69 bits per heavy atom. The zero-order chi connectivity index (χ0) is 23.6. The van der Waals surface area contributed by atoms with Crippen molar-refractivity contribution in [3.8, 4) is 23.0 Å². The molecule has 180 valence electrons. The summed E-state index contributed by atoms with van der Waals surface area (Å²) in [5.74, 6) is 3.09. The lowest BCUT2D eigenvalue weighted by Gasteiger charge is -2.36. The van der Waals surface area contributed by atoms with E-state index in [0.717, 1.165) is 84.8 Å². The van der Waals surface area contributed by atoms with Gasteiger partial charge in [-0.1, -0.05) is 23.7 Å². The van der Waals surface area contributed by atoms with Crippen LogP contribution in [0.15, 0.2) is 66.9 Å². The Balaban J connectivity index is 1.04. The molecule has 35 heavy (non-hydrogen) atoms. The van der Waals surface area contributed by atoms with Crippen molar-refractivity contribution in [1.29, 1.82) is 0 Å². The minimum absolute atomic E-state index is 0.260. The number of aryl methyl sites for hydroxylation is 1. The molecule has 1 fully saturated rings. The predicted octanol–water partition coefficient (Wildman–Crippen LogP) is 6.10. The molecule has 1 aromatic heterocycles. The van der Waals surface area contributed by atoms with Crippen LogP contribution < -0.4 is 19.1 Å². The topological polar surface area (TPSA) is 50.0 Å². The molecule has 0 saturated carbocycles. The van der Waals surface area contributed by atoms with Crippen LogP contribution in [-0.2, 0) is 6.42 Å². The van der Waals surface area contributed by atoms with Gasteiger partial charge in [-0.2, -0.15) is 0 Å². The van der Waals surface area contributed by atoms with Crippen LogP contribution in [-0.4, -0.2) is 49.4 Å². The highest BCUT2D eigenvalue weighted by molar-refractivity contribution is 6.31. The zero-order valence-electron chi connectivity index (χ0n) is 19.5. The molecular weight excluding hydrogens is 462 g/mol. The minimum Gasteiger partial charge on any atom is -0.455 e. The van der Waals surface area contributed by atoms with E-state index >= 15 is 0 Å². The number of ether oxygens (including phenoxy) is 3. The summed E-state index contributed by atoms with van der Waals surface area (Å²) in [7, 11) is 0. The quantitative estimate of drug-likeness (QED) is 0.340. The molecule has 2 aliphatic heterocycles. The lowest BCUT2D eigenvalue weighted by molar-refractivity contribution is 0.174. The average molecular weight is 490 g/mol. The van der Waals surface area contributed by atoms with Gasteiger partial charge in [0, 0.05) is 54.4 Å². The second-order valence-electron chi connectivity index (χ2n) is 9.02. The fourth-order valence-electron chi connectivity index (χ4n) is 4.93. The Kier molecular flexibility index (Phi) is 6.15. The van der Waals surface area contributed by atoms with Crippen LogP contribution >= 0.6 is 11.6 Å². The third kappa shape index (κ3) is 4.77. The van der Waals surface area contributed by atoms with Gasteiger partial charge in [0.2, 0.25) is 6.79 Å². The van der Waals surface area contributed by atoms with Crippen molar-refractivity contribution in [3.05, 3.63) is 77.4 Å². The number of anilines is 1. The first-order valence-corrected chi connectivity index (χ1v) is 12.5. The van der Waals surface area contributed by atoms with Crippen LogP contribution in [0.25, 0.3) is 10.9 Å². The van der Waals surface area contributed by atoms with E-state index in [2.05, 4.69) is 45.2 Å². The summed E-state index contributed by atoms with van der Waals surface area (Å²) in [5, 5.41) is 2.03. The summed E-state index contributed by atoms with van der Waals surface area (Å²) in [6.45, 7) is 5.39. The molecule has 0 radical (unpaired) electrons. The van der Waals surface area contributed by atoms with E-state index in [4.69, 9.17) is 25.8 Å². The maximum Gasteiger partial charge on any atom is 0.231 e. The molecule has 0 bridgehead atoms. The van der Waals surface area contributed by atoms with Gasteiger partial charge in [0.05, 0.1) is 5.69 Å². The van der Waals surface area contributed by atoms with E-state index in [1.54, 1.807) is 0 Å². The van der Waals surface area contributed by atoms with Crippen LogP contribution in [0.1, 0.15) is 12.0 Å². The summed E-state index contributed by atoms with van der Waals surface area (Å²) in [6, 6.07) is 20.0. The van der Waals surface area contributed by atoms with Crippen molar-refractivity contribution in [1.82, 2.24) is 9.88 Å². The molecule has 7 heteroatoms. The Morgan fingerprint density at radius 1 is 0.914 bits per heavy atom. The summed E-state index contributed by atoms with van der Waals surface area (Å²) < 4.78 is 17.2. The number of fused-ring (bicyclic) bond motifs is 2. The van der Waals surface area contributed by atoms with Crippen LogP contribution in [0, 0.1) is 0 Å². The summed E-state index contributed by atoms with van der Waals surface area (Å²) in [4.78, 5) is 8.33. The van der Waals surface area contributed by atoms with E-state index < -0.39 is 0 Å². The second-order valence-corrected chi connectivity index (χ2v) is 9.46. The van der Waals surface area contributed by atoms with E-state index in [0.29, 0.717) is 0 Å². The third-order valence-corrected chi connectivity index (χ3v) is 7.04. The Hall–Kier alpha value is -3.35. The largest absolute Gasteiger partial charge is 0.455 e. The zero-order valence-corrected chi connectivity index (χ0v) is 20.3. The molecule has 3 heterocycles. The van der Waals surface area contributed by atoms with Gasteiger partial charge in [0.15, 0.2) is 17.2 Å². The molecule has 0 atom stereocenters. The number of aromatic amines is 1. The SMILES string of the molecule is Clc1ccc2[nH]cc(CCCN3CCN(c4ccccc4Oc4ccc5c(c4)OCO5)CC3)c2c1. The van der Waals surface area contributed by atoms with Crippen LogP contribution in [0.3, 0.4) is 0 Å². The Bertz CT molecular complexity index is 1330. The average Bonchev–Trinajstić information content (AvgIpc) is 3.51. The van der Waals surface area contributed by atoms with E-state index in [9.17, 15) is 0 Å². The van der Waals surface area contributed by atoms with E-state index in [1.165, 1.54) is 10.9 Å². The molecule has 0 amide bonds. The molecule has 6 rings (SSSR count). The van der Waals surface area contributed by atoms with Gasteiger partial charge in [0.25, 0.3) is 0 Å². The van der Waals surface area contributed by atoms with Crippen molar-refractivity contribution < 1.29 is 14.2 Å². The standard InChI is InChI=1S/C28H28ClN3O3/c29-21-7-9-24-23(16-21)20(18-30-24)4-3-11-31-12-14-32(15-13-31)25-5-1-2-6-26(25)35-22-8-10-27-28(17-22)34-19-33-27/h1-2,5-10,16-18,30H,3-4,11-15,19H2. The van der Waals surface area contributed by atoms with Crippen molar-refractivity contribution >= 4 is 28.2 Å². The normalized spacial score (nSPS) is 15.6. The highest BCUT2D eigenvalue weighted by Crippen LogP contribution is 2.39. The Labute approximate surface area is 210 Å². The highest BCUT2D eigenvalue weighted by atomic mass is 35.5. The lowest BCUT2D eigenvalue weighted by atomic mass is 10.1. The third-order valence-electron chi connectivity index (χ3n) is 6.80. The minimum atomic E-state index is 0.260. The highest BCUT2D eigenvalue weighted by Gasteiger charge is 2.21. The predicted molar refractivity (Wildman–Crippen MR) is 139 cm³/mol.